The normalized spacial score (nSPS) is 15.9. The average molecular weight is 417 g/mol. The molecule has 29 heavy (non-hydrogen) atoms. The summed E-state index contributed by atoms with van der Waals surface area (Å²) in [6.45, 7) is 2.22. The zero-order chi connectivity index (χ0) is 20.6. The molecule has 0 saturated carbocycles. The fraction of sp³-hybridized carbons (Fsp3) is 0.400. The van der Waals surface area contributed by atoms with E-state index in [9.17, 15) is 19.7 Å². The molecule has 1 aromatic heterocycles. The lowest BCUT2D eigenvalue weighted by Gasteiger charge is -2.30. The Labute approximate surface area is 173 Å². The molecule has 0 radical (unpaired) electrons. The summed E-state index contributed by atoms with van der Waals surface area (Å²) >= 11 is 1.60. The van der Waals surface area contributed by atoms with E-state index in [-0.39, 0.29) is 17.4 Å². The Morgan fingerprint density at radius 2 is 1.83 bits per heavy atom. The van der Waals surface area contributed by atoms with Gasteiger partial charge in [-0.05, 0) is 54.4 Å². The van der Waals surface area contributed by atoms with Crippen LogP contribution in [0.2, 0.25) is 0 Å². The van der Waals surface area contributed by atoms with Gasteiger partial charge in [0.15, 0.2) is 0 Å². The third-order valence-electron chi connectivity index (χ3n) is 5.02. The maximum atomic E-state index is 12.3. The number of anilines is 1. The summed E-state index contributed by atoms with van der Waals surface area (Å²) in [6.07, 6.45) is 4.65. The minimum atomic E-state index is -0.917. The van der Waals surface area contributed by atoms with Gasteiger partial charge in [0.25, 0.3) is 5.69 Å². The molecular weight excluding hydrogens is 392 g/mol. The zero-order valence-electron chi connectivity index (χ0n) is 16.0. The number of benzene rings is 1. The van der Waals surface area contributed by atoms with Gasteiger partial charge in [0.05, 0.1) is 11.0 Å². The lowest BCUT2D eigenvalue weighted by molar-refractivity contribution is -0.383. The van der Waals surface area contributed by atoms with Crippen molar-refractivity contribution in [1.82, 2.24) is 10.2 Å². The smallest absolute Gasteiger partial charge is 0.313 e. The predicted molar refractivity (Wildman–Crippen MR) is 112 cm³/mol. The van der Waals surface area contributed by atoms with Crippen LogP contribution in [0.1, 0.15) is 37.3 Å². The van der Waals surface area contributed by atoms with Crippen molar-refractivity contribution in [3.8, 4) is 0 Å². The third kappa shape index (κ3) is 5.61. The Morgan fingerprint density at radius 3 is 2.48 bits per heavy atom. The van der Waals surface area contributed by atoms with Crippen LogP contribution in [-0.2, 0) is 9.59 Å². The van der Waals surface area contributed by atoms with Crippen molar-refractivity contribution >= 4 is 34.5 Å². The van der Waals surface area contributed by atoms with Gasteiger partial charge in [-0.1, -0.05) is 25.0 Å². The van der Waals surface area contributed by atoms with Crippen LogP contribution in [0.5, 0.6) is 0 Å². The van der Waals surface area contributed by atoms with Crippen molar-refractivity contribution in [3.63, 3.8) is 0 Å². The molecule has 8 nitrogen and oxygen atoms in total. The number of carbonyl (C=O) groups is 2. The van der Waals surface area contributed by atoms with Gasteiger partial charge in [0, 0.05) is 12.6 Å². The molecule has 2 N–H and O–H groups in total. The third-order valence-corrected chi connectivity index (χ3v) is 5.72. The lowest BCUT2D eigenvalue weighted by Crippen LogP contribution is -2.42. The van der Waals surface area contributed by atoms with Crippen LogP contribution >= 0.6 is 11.3 Å². The molecule has 2 amide bonds. The summed E-state index contributed by atoms with van der Waals surface area (Å²) in [5.74, 6) is -1.72. The van der Waals surface area contributed by atoms with Crippen LogP contribution in [-0.4, -0.2) is 41.3 Å². The largest absolute Gasteiger partial charge is 0.346 e. The lowest BCUT2D eigenvalue weighted by atomic mass is 10.1. The van der Waals surface area contributed by atoms with Gasteiger partial charge in [0.1, 0.15) is 5.69 Å². The van der Waals surface area contributed by atoms with Crippen molar-refractivity contribution in [2.45, 2.75) is 31.7 Å². The van der Waals surface area contributed by atoms with E-state index in [0.717, 1.165) is 31.5 Å². The number of amides is 2. The summed E-state index contributed by atoms with van der Waals surface area (Å²) < 4.78 is 0. The van der Waals surface area contributed by atoms with Gasteiger partial charge in [-0.3, -0.25) is 24.6 Å². The van der Waals surface area contributed by atoms with Crippen LogP contribution in [0.15, 0.2) is 41.1 Å². The second-order valence-electron chi connectivity index (χ2n) is 6.96. The van der Waals surface area contributed by atoms with E-state index in [4.69, 9.17) is 0 Å². The maximum absolute atomic E-state index is 12.3. The molecule has 1 aromatic carbocycles. The number of nitro benzene ring substituents is 1. The van der Waals surface area contributed by atoms with Crippen molar-refractivity contribution < 1.29 is 14.5 Å². The summed E-state index contributed by atoms with van der Waals surface area (Å²) in [5, 5.41) is 20.2. The number of nitro groups is 1. The monoisotopic (exact) mass is 416 g/mol. The SMILES string of the molecule is O=C(NCC(c1ccsc1)N1CCCCCC1)C(=O)Nc1ccccc1[N+](=O)[O-]. The quantitative estimate of drug-likeness (QED) is 0.427. The first-order chi connectivity index (χ1) is 14.1. The predicted octanol–water partition coefficient (Wildman–Crippen LogP) is 3.33. The van der Waals surface area contributed by atoms with Crippen molar-refractivity contribution in [1.29, 1.82) is 0 Å². The summed E-state index contributed by atoms with van der Waals surface area (Å²) in [5.41, 5.74) is 0.866. The Balaban J connectivity index is 1.64. The van der Waals surface area contributed by atoms with Crippen LogP contribution in [0, 0.1) is 10.1 Å². The van der Waals surface area contributed by atoms with E-state index in [2.05, 4.69) is 20.9 Å². The molecule has 0 aliphatic carbocycles. The van der Waals surface area contributed by atoms with Crippen molar-refractivity contribution in [3.05, 3.63) is 56.8 Å². The second kappa shape index (κ2) is 10.1. The average Bonchev–Trinajstić information content (AvgIpc) is 3.11. The van der Waals surface area contributed by atoms with E-state index >= 15 is 0 Å². The fourth-order valence-corrected chi connectivity index (χ4v) is 4.22. The van der Waals surface area contributed by atoms with Gasteiger partial charge >= 0.3 is 11.8 Å². The van der Waals surface area contributed by atoms with Crippen LogP contribution in [0.4, 0.5) is 11.4 Å². The highest BCUT2D eigenvalue weighted by Crippen LogP contribution is 2.26. The number of nitrogens with zero attached hydrogens (tertiary/aromatic N) is 2. The Kier molecular flexibility index (Phi) is 7.31. The molecule has 0 bridgehead atoms. The first-order valence-electron chi connectivity index (χ1n) is 9.65. The zero-order valence-corrected chi connectivity index (χ0v) is 16.8. The summed E-state index contributed by atoms with van der Waals surface area (Å²) in [7, 11) is 0. The molecule has 1 aliphatic heterocycles. The molecule has 1 aliphatic rings. The number of thiophene rings is 1. The number of nitrogens with one attached hydrogen (secondary N) is 2. The topological polar surface area (TPSA) is 105 Å². The molecule has 154 valence electrons. The molecule has 9 heteroatoms. The van der Waals surface area contributed by atoms with Gasteiger partial charge in [-0.25, -0.2) is 0 Å². The number of para-hydroxylation sites is 2. The van der Waals surface area contributed by atoms with Crippen LogP contribution in [0.3, 0.4) is 0 Å². The van der Waals surface area contributed by atoms with Crippen LogP contribution in [0.25, 0.3) is 0 Å². The fourth-order valence-electron chi connectivity index (χ4n) is 3.52. The van der Waals surface area contributed by atoms with Crippen molar-refractivity contribution in [2.24, 2.45) is 0 Å². The Morgan fingerprint density at radius 1 is 1.10 bits per heavy atom. The molecular formula is C20H24N4O4S. The van der Waals surface area contributed by atoms with E-state index in [0.29, 0.717) is 6.54 Å². The number of hydrogen-bond acceptors (Lipinski definition) is 6. The highest BCUT2D eigenvalue weighted by atomic mass is 32.1. The molecule has 0 spiro atoms. The number of rotatable bonds is 6. The molecule has 1 saturated heterocycles. The number of carbonyl (C=O) groups excluding carboxylic acids is 2. The standard InChI is InChI=1S/C20H24N4O4S/c25-19(20(26)22-16-7-3-4-8-17(16)24(27)28)21-13-18(15-9-12-29-14-15)23-10-5-1-2-6-11-23/h3-4,7-9,12,14,18H,1-2,5-6,10-11,13H2,(H,21,25)(H,22,26). The summed E-state index contributed by atoms with van der Waals surface area (Å²) in [6, 6.07) is 7.78. The molecule has 1 atom stereocenters. The molecule has 1 unspecified atom stereocenters. The van der Waals surface area contributed by atoms with Gasteiger partial charge in [-0.2, -0.15) is 11.3 Å². The van der Waals surface area contributed by atoms with Crippen LogP contribution < -0.4 is 10.6 Å². The van der Waals surface area contributed by atoms with Crippen molar-refractivity contribution in [2.75, 3.05) is 25.0 Å². The molecule has 3 rings (SSSR count). The minimum Gasteiger partial charge on any atom is -0.346 e. The van der Waals surface area contributed by atoms with E-state index in [1.807, 2.05) is 11.4 Å². The first kappa shape index (κ1) is 20.9. The highest BCUT2D eigenvalue weighted by molar-refractivity contribution is 7.08. The Bertz CT molecular complexity index is 848. The van der Waals surface area contributed by atoms with Gasteiger partial charge in [0.2, 0.25) is 0 Å². The molecule has 2 aromatic rings. The van der Waals surface area contributed by atoms with E-state index in [1.54, 1.807) is 17.4 Å². The van der Waals surface area contributed by atoms with E-state index in [1.165, 1.54) is 31.0 Å². The molecule has 2 heterocycles. The number of likely N-dealkylation sites (tertiary alicyclic amines) is 1. The highest BCUT2D eigenvalue weighted by Gasteiger charge is 2.25. The molecule has 1 fully saturated rings. The van der Waals surface area contributed by atoms with Gasteiger partial charge in [-0.15, -0.1) is 0 Å². The maximum Gasteiger partial charge on any atom is 0.313 e. The number of hydrogen-bond donors (Lipinski definition) is 2. The Hall–Kier alpha value is -2.78. The minimum absolute atomic E-state index is 0.000414. The van der Waals surface area contributed by atoms with Gasteiger partial charge < -0.3 is 10.6 Å². The van der Waals surface area contributed by atoms with E-state index < -0.39 is 16.7 Å². The second-order valence-corrected chi connectivity index (χ2v) is 7.74. The first-order valence-corrected chi connectivity index (χ1v) is 10.6. The summed E-state index contributed by atoms with van der Waals surface area (Å²) in [4.78, 5) is 37.4.